The number of phenolic OH excluding ortho intramolecular Hbond substituents is 1. The lowest BCUT2D eigenvalue weighted by Gasteiger charge is -2.48. The molecule has 0 saturated heterocycles. The molecule has 0 unspecified atom stereocenters. The van der Waals surface area contributed by atoms with Gasteiger partial charge in [0.15, 0.2) is 0 Å². The standard InChI is InChI=1S/C18H20N2O6/c1-18-7-6-9-10(13(18)4-5-15(18)21)2-3-11-12(9)8-14(19(23)24)17(22)16(11)20(25)26/h8-10,13,22H,2-7H2,1H3/t9-,10+,13-,18-/m0/s1. The molecule has 0 spiro atoms. The number of Topliss-reactive ketones (excluding diaryl/α,β-unsaturated/α-hetero) is 1. The third kappa shape index (κ3) is 2.10. The van der Waals surface area contributed by atoms with Crippen molar-refractivity contribution in [3.8, 4) is 5.75 Å². The Hall–Kier alpha value is -2.51. The van der Waals surface area contributed by atoms with Crippen molar-refractivity contribution in [1.82, 2.24) is 0 Å². The number of nitrogens with zero attached hydrogens (tertiary/aromatic N) is 2. The number of nitro groups is 2. The maximum atomic E-state index is 12.4. The second kappa shape index (κ2) is 5.49. The molecule has 4 atom stereocenters. The number of ketones is 1. The van der Waals surface area contributed by atoms with Crippen molar-refractivity contribution in [3.63, 3.8) is 0 Å². The molecular weight excluding hydrogens is 340 g/mol. The van der Waals surface area contributed by atoms with Crippen LogP contribution in [0.2, 0.25) is 0 Å². The number of hydrogen-bond acceptors (Lipinski definition) is 6. The smallest absolute Gasteiger partial charge is 0.321 e. The number of nitro benzene ring substituents is 2. The van der Waals surface area contributed by atoms with E-state index in [9.17, 15) is 30.1 Å². The van der Waals surface area contributed by atoms with Crippen LogP contribution in [0.1, 0.15) is 56.1 Å². The lowest BCUT2D eigenvalue weighted by molar-refractivity contribution is -0.396. The van der Waals surface area contributed by atoms with Crippen molar-refractivity contribution in [2.45, 2.75) is 51.4 Å². The zero-order chi connectivity index (χ0) is 18.8. The molecule has 0 radical (unpaired) electrons. The topological polar surface area (TPSA) is 124 Å². The number of benzene rings is 1. The van der Waals surface area contributed by atoms with Gasteiger partial charge in [-0.3, -0.25) is 25.0 Å². The molecule has 1 aromatic carbocycles. The quantitative estimate of drug-likeness (QED) is 0.634. The lowest BCUT2D eigenvalue weighted by Crippen LogP contribution is -2.42. The van der Waals surface area contributed by atoms with E-state index in [0.717, 1.165) is 6.42 Å². The Morgan fingerprint density at radius 1 is 1.15 bits per heavy atom. The molecule has 3 aliphatic rings. The van der Waals surface area contributed by atoms with E-state index in [1.165, 1.54) is 6.07 Å². The van der Waals surface area contributed by atoms with Crippen LogP contribution in [0.5, 0.6) is 5.75 Å². The van der Waals surface area contributed by atoms with Gasteiger partial charge < -0.3 is 5.11 Å². The summed E-state index contributed by atoms with van der Waals surface area (Å²) < 4.78 is 0. The van der Waals surface area contributed by atoms with Gasteiger partial charge in [-0.05, 0) is 55.4 Å². The van der Waals surface area contributed by atoms with E-state index < -0.39 is 27.0 Å². The van der Waals surface area contributed by atoms with Crippen molar-refractivity contribution < 1.29 is 19.7 Å². The van der Waals surface area contributed by atoms with Gasteiger partial charge in [0.05, 0.1) is 9.85 Å². The first-order valence-electron chi connectivity index (χ1n) is 8.96. The minimum atomic E-state index is -0.853. The molecule has 3 aliphatic carbocycles. The highest BCUT2D eigenvalue weighted by Crippen LogP contribution is 2.61. The molecule has 4 rings (SSSR count). The first-order valence-corrected chi connectivity index (χ1v) is 8.96. The number of hydrogen-bond donors (Lipinski definition) is 1. The molecule has 0 aromatic heterocycles. The van der Waals surface area contributed by atoms with Gasteiger partial charge in [-0.25, -0.2) is 0 Å². The van der Waals surface area contributed by atoms with Crippen LogP contribution < -0.4 is 0 Å². The number of phenols is 1. The van der Waals surface area contributed by atoms with Gasteiger partial charge in [0.25, 0.3) is 5.75 Å². The predicted octanol–water partition coefficient (Wildman–Crippen LogP) is 3.63. The van der Waals surface area contributed by atoms with E-state index in [4.69, 9.17) is 0 Å². The molecule has 138 valence electrons. The summed E-state index contributed by atoms with van der Waals surface area (Å²) in [6.45, 7) is 2.03. The van der Waals surface area contributed by atoms with Gasteiger partial charge in [0, 0.05) is 23.5 Å². The summed E-state index contributed by atoms with van der Waals surface area (Å²) in [5.74, 6) is -0.144. The maximum Gasteiger partial charge on any atom is 0.321 e. The maximum absolute atomic E-state index is 12.4. The lowest BCUT2D eigenvalue weighted by atomic mass is 9.55. The van der Waals surface area contributed by atoms with E-state index in [0.29, 0.717) is 49.0 Å². The molecule has 1 aromatic rings. The van der Waals surface area contributed by atoms with E-state index in [1.807, 2.05) is 6.92 Å². The van der Waals surface area contributed by atoms with Gasteiger partial charge in [0.1, 0.15) is 5.78 Å². The van der Waals surface area contributed by atoms with Gasteiger partial charge >= 0.3 is 11.4 Å². The average molecular weight is 360 g/mol. The van der Waals surface area contributed by atoms with Crippen molar-refractivity contribution in [2.75, 3.05) is 0 Å². The monoisotopic (exact) mass is 360 g/mol. The molecule has 2 fully saturated rings. The summed E-state index contributed by atoms with van der Waals surface area (Å²) in [6.07, 6.45) is 3.92. The highest BCUT2D eigenvalue weighted by molar-refractivity contribution is 5.87. The summed E-state index contributed by atoms with van der Waals surface area (Å²) in [6, 6.07) is 1.33. The number of carbonyl (C=O) groups excluding carboxylic acids is 1. The molecule has 2 saturated carbocycles. The third-order valence-electron chi connectivity index (χ3n) is 7.05. The minimum absolute atomic E-state index is 0.0271. The van der Waals surface area contributed by atoms with E-state index >= 15 is 0 Å². The van der Waals surface area contributed by atoms with Crippen molar-refractivity contribution >= 4 is 17.2 Å². The molecule has 0 bridgehead atoms. The highest BCUT2D eigenvalue weighted by atomic mass is 16.6. The molecule has 0 amide bonds. The Morgan fingerprint density at radius 2 is 1.88 bits per heavy atom. The normalized spacial score (nSPS) is 32.5. The van der Waals surface area contributed by atoms with Gasteiger partial charge in [0.2, 0.25) is 0 Å². The summed E-state index contributed by atoms with van der Waals surface area (Å²) >= 11 is 0. The van der Waals surface area contributed by atoms with Crippen LogP contribution in [0.25, 0.3) is 0 Å². The minimum Gasteiger partial charge on any atom is -0.497 e. The van der Waals surface area contributed by atoms with Gasteiger partial charge in [-0.2, -0.15) is 0 Å². The summed E-state index contributed by atoms with van der Waals surface area (Å²) in [7, 11) is 0. The van der Waals surface area contributed by atoms with E-state index in [2.05, 4.69) is 0 Å². The van der Waals surface area contributed by atoms with Crippen molar-refractivity contribution in [3.05, 3.63) is 37.4 Å². The van der Waals surface area contributed by atoms with Crippen molar-refractivity contribution in [2.24, 2.45) is 17.3 Å². The fraction of sp³-hybridized carbons (Fsp3) is 0.611. The van der Waals surface area contributed by atoms with E-state index in [1.54, 1.807) is 0 Å². The number of rotatable bonds is 2. The summed E-state index contributed by atoms with van der Waals surface area (Å²) in [4.78, 5) is 33.7. The second-order valence-electron chi connectivity index (χ2n) is 8.01. The molecule has 8 nitrogen and oxygen atoms in total. The van der Waals surface area contributed by atoms with Crippen LogP contribution >= 0.6 is 0 Å². The highest BCUT2D eigenvalue weighted by Gasteiger charge is 2.55. The molecule has 8 heteroatoms. The fourth-order valence-electron chi connectivity index (χ4n) is 5.79. The van der Waals surface area contributed by atoms with Crippen LogP contribution in [-0.4, -0.2) is 20.7 Å². The number of fused-ring (bicyclic) bond motifs is 5. The Balaban J connectivity index is 1.85. The predicted molar refractivity (Wildman–Crippen MR) is 91.0 cm³/mol. The molecule has 1 N–H and O–H groups in total. The second-order valence-corrected chi connectivity index (χ2v) is 8.01. The molecule has 26 heavy (non-hydrogen) atoms. The Kier molecular flexibility index (Phi) is 3.58. The molecule has 0 heterocycles. The van der Waals surface area contributed by atoms with Crippen LogP contribution in [0.15, 0.2) is 6.07 Å². The van der Waals surface area contributed by atoms with Crippen LogP contribution in [0.3, 0.4) is 0 Å². The third-order valence-corrected chi connectivity index (χ3v) is 7.05. The number of carbonyl (C=O) groups is 1. The van der Waals surface area contributed by atoms with Gasteiger partial charge in [-0.1, -0.05) is 6.92 Å². The molecular formula is C18H20N2O6. The molecule has 0 aliphatic heterocycles. The Bertz CT molecular complexity index is 851. The Labute approximate surface area is 149 Å². The SMILES string of the molecule is C[C@]12CC[C@@H]3c4cc([N+](=O)[O-])c(O)c([N+](=O)[O-])c4CC[C@H]3[C@@H]1CCC2=O. The Morgan fingerprint density at radius 3 is 2.54 bits per heavy atom. The van der Waals surface area contributed by atoms with Crippen LogP contribution in [-0.2, 0) is 11.2 Å². The summed E-state index contributed by atoms with van der Waals surface area (Å²) in [5, 5.41) is 32.9. The number of aromatic hydroxyl groups is 1. The van der Waals surface area contributed by atoms with Crippen molar-refractivity contribution in [1.29, 1.82) is 0 Å². The first-order chi connectivity index (χ1) is 12.3. The summed E-state index contributed by atoms with van der Waals surface area (Å²) in [5.41, 5.74) is -0.408. The van der Waals surface area contributed by atoms with Gasteiger partial charge in [-0.15, -0.1) is 0 Å². The van der Waals surface area contributed by atoms with Crippen LogP contribution in [0, 0.1) is 37.5 Å². The zero-order valence-electron chi connectivity index (χ0n) is 14.4. The fourth-order valence-corrected chi connectivity index (χ4v) is 5.79. The van der Waals surface area contributed by atoms with Crippen LogP contribution in [0.4, 0.5) is 11.4 Å². The first kappa shape index (κ1) is 16.9. The largest absolute Gasteiger partial charge is 0.497 e. The van der Waals surface area contributed by atoms with E-state index in [-0.39, 0.29) is 23.2 Å². The average Bonchev–Trinajstić information content (AvgIpc) is 2.88. The zero-order valence-corrected chi connectivity index (χ0v) is 14.4.